The summed E-state index contributed by atoms with van der Waals surface area (Å²) in [6, 6.07) is 0. The van der Waals surface area contributed by atoms with Crippen molar-refractivity contribution >= 4 is 22.8 Å². The molecule has 0 fully saturated rings. The van der Waals surface area contributed by atoms with E-state index in [4.69, 9.17) is 4.74 Å². The molecule has 0 spiro atoms. The van der Waals surface area contributed by atoms with E-state index in [-0.39, 0.29) is 15.8 Å². The summed E-state index contributed by atoms with van der Waals surface area (Å²) in [5.74, 6) is -0.293. The summed E-state index contributed by atoms with van der Waals surface area (Å²) in [6.07, 6.45) is 6.53. The molecule has 0 saturated heterocycles. The molecule has 0 aliphatic heterocycles. The van der Waals surface area contributed by atoms with Gasteiger partial charge in [0.2, 0.25) is 0 Å². The number of hydrogen-bond donors (Lipinski definition) is 0. The van der Waals surface area contributed by atoms with E-state index in [0.29, 0.717) is 13.0 Å². The van der Waals surface area contributed by atoms with Crippen LogP contribution in [0.1, 0.15) is 41.0 Å². The summed E-state index contributed by atoms with van der Waals surface area (Å²) in [5, 5.41) is 0.0576. The van der Waals surface area contributed by atoms with Crippen LogP contribution in [0.5, 0.6) is 0 Å². The van der Waals surface area contributed by atoms with Crippen LogP contribution < -0.4 is 0 Å². The molecule has 0 aliphatic rings. The van der Waals surface area contributed by atoms with E-state index >= 15 is 0 Å². The van der Waals surface area contributed by atoms with Crippen molar-refractivity contribution in [1.29, 1.82) is 0 Å². The fourth-order valence-electron chi connectivity index (χ4n) is 1.34. The van der Waals surface area contributed by atoms with Gasteiger partial charge in [-0.1, -0.05) is 35.6 Å². The minimum atomic E-state index is -0.340. The molecule has 3 nitrogen and oxygen atoms in total. The van der Waals surface area contributed by atoms with E-state index in [1.165, 1.54) is 24.3 Å². The summed E-state index contributed by atoms with van der Waals surface area (Å²) < 4.78 is 4.59. The Morgan fingerprint density at radius 2 is 1.83 bits per heavy atom. The maximum Gasteiger partial charge on any atom is 0.302 e. The van der Waals surface area contributed by atoms with Gasteiger partial charge in [0.25, 0.3) is 0 Å². The second-order valence-corrected chi connectivity index (χ2v) is 6.31. The molecule has 1 unspecified atom stereocenters. The van der Waals surface area contributed by atoms with Gasteiger partial charge in [0.05, 0.1) is 6.61 Å². The molecule has 18 heavy (non-hydrogen) atoms. The summed E-state index contributed by atoms with van der Waals surface area (Å²) >= 11 is 1.26. The molecule has 0 aromatic carbocycles. The van der Waals surface area contributed by atoms with E-state index < -0.39 is 0 Å². The topological polar surface area (TPSA) is 43.4 Å². The van der Waals surface area contributed by atoms with Crippen LogP contribution in [0.25, 0.3) is 0 Å². The van der Waals surface area contributed by atoms with Crippen LogP contribution in [0.4, 0.5) is 0 Å². The molecule has 0 N–H and O–H groups in total. The Balaban J connectivity index is 4.61. The predicted molar refractivity (Wildman–Crippen MR) is 76.5 cm³/mol. The Bertz CT molecular complexity index is 354. The lowest BCUT2D eigenvalue weighted by molar-refractivity contribution is -0.141. The van der Waals surface area contributed by atoms with E-state index in [9.17, 15) is 9.59 Å². The molecule has 0 heterocycles. The number of carbonyl (C=O) groups is 2. The number of ether oxygens (including phenoxy) is 1. The summed E-state index contributed by atoms with van der Waals surface area (Å²) in [4.78, 5) is 22.0. The molecule has 0 aromatic rings. The van der Waals surface area contributed by atoms with Crippen molar-refractivity contribution in [2.75, 3.05) is 6.61 Å². The molecule has 0 radical (unpaired) electrons. The van der Waals surface area contributed by atoms with Crippen molar-refractivity contribution in [3.8, 4) is 0 Å². The molecule has 0 bridgehead atoms. The van der Waals surface area contributed by atoms with Crippen LogP contribution in [0.15, 0.2) is 23.8 Å². The molecule has 0 amide bonds. The lowest BCUT2D eigenvalue weighted by Crippen LogP contribution is -2.22. The average Bonchev–Trinajstić information content (AvgIpc) is 2.14. The zero-order chi connectivity index (χ0) is 14.2. The highest BCUT2D eigenvalue weighted by Gasteiger charge is 2.24. The minimum Gasteiger partial charge on any atom is -0.466 e. The third-order valence-electron chi connectivity index (χ3n) is 2.16. The van der Waals surface area contributed by atoms with E-state index in [1.807, 2.05) is 39.0 Å². The predicted octanol–water partition coefficient (Wildman–Crippen LogP) is 3.50. The van der Waals surface area contributed by atoms with Crippen LogP contribution in [0, 0.1) is 0 Å². The lowest BCUT2D eigenvalue weighted by atomic mass is 10.1. The summed E-state index contributed by atoms with van der Waals surface area (Å²) in [6.45, 7) is 9.25. The van der Waals surface area contributed by atoms with Gasteiger partial charge in [-0.05, 0) is 27.2 Å². The molecule has 4 heteroatoms. The van der Waals surface area contributed by atoms with E-state index in [2.05, 4.69) is 0 Å². The maximum absolute atomic E-state index is 11.3. The van der Waals surface area contributed by atoms with Gasteiger partial charge in [0.15, 0.2) is 5.12 Å². The molecule has 0 aliphatic carbocycles. The van der Waals surface area contributed by atoms with Crippen LogP contribution in [0.3, 0.4) is 0 Å². The highest BCUT2D eigenvalue weighted by molar-refractivity contribution is 8.14. The normalized spacial score (nSPS) is 14.1. The van der Waals surface area contributed by atoms with Crippen molar-refractivity contribution in [3.05, 3.63) is 23.8 Å². The van der Waals surface area contributed by atoms with Gasteiger partial charge < -0.3 is 4.74 Å². The van der Waals surface area contributed by atoms with Crippen molar-refractivity contribution in [3.63, 3.8) is 0 Å². The molecular formula is C14H22O3S. The Kier molecular flexibility index (Phi) is 7.67. The van der Waals surface area contributed by atoms with Crippen molar-refractivity contribution in [1.82, 2.24) is 0 Å². The SMILES string of the molecule is CC(=O)OCCC(C)(C=CC=C(C)C)SC(C)=O. The van der Waals surface area contributed by atoms with E-state index in [0.717, 1.165) is 0 Å². The van der Waals surface area contributed by atoms with Gasteiger partial charge in [-0.15, -0.1) is 0 Å². The van der Waals surface area contributed by atoms with Gasteiger partial charge in [0.1, 0.15) is 0 Å². The van der Waals surface area contributed by atoms with Crippen LogP contribution in [-0.4, -0.2) is 22.4 Å². The van der Waals surface area contributed by atoms with E-state index in [1.54, 1.807) is 6.92 Å². The van der Waals surface area contributed by atoms with Gasteiger partial charge >= 0.3 is 5.97 Å². The zero-order valence-corrected chi connectivity index (χ0v) is 12.6. The maximum atomic E-state index is 11.3. The number of thioether (sulfide) groups is 1. The molecule has 1 atom stereocenters. The molecule has 102 valence electrons. The van der Waals surface area contributed by atoms with Crippen LogP contribution >= 0.6 is 11.8 Å². The smallest absolute Gasteiger partial charge is 0.302 e. The second-order valence-electron chi connectivity index (χ2n) is 4.60. The number of rotatable bonds is 6. The van der Waals surface area contributed by atoms with Gasteiger partial charge in [-0.3, -0.25) is 9.59 Å². The van der Waals surface area contributed by atoms with Gasteiger partial charge in [-0.2, -0.15) is 0 Å². The first-order valence-corrected chi connectivity index (χ1v) is 6.72. The standard InChI is InChI=1S/C14H22O3S/c1-11(2)7-6-8-14(5,18-13(4)16)9-10-17-12(3)15/h6-8H,9-10H2,1-5H3. The quantitative estimate of drug-likeness (QED) is 0.547. The van der Waals surface area contributed by atoms with Crippen LogP contribution in [-0.2, 0) is 14.3 Å². The minimum absolute atomic E-state index is 0.0576. The number of allylic oxidation sites excluding steroid dienone is 3. The van der Waals surface area contributed by atoms with Gasteiger partial charge in [0, 0.05) is 18.6 Å². The largest absolute Gasteiger partial charge is 0.466 e. The molecular weight excluding hydrogens is 248 g/mol. The number of hydrogen-bond acceptors (Lipinski definition) is 4. The lowest BCUT2D eigenvalue weighted by Gasteiger charge is -2.23. The highest BCUT2D eigenvalue weighted by atomic mass is 32.2. The Morgan fingerprint density at radius 3 is 2.28 bits per heavy atom. The summed E-state index contributed by atoms with van der Waals surface area (Å²) in [7, 11) is 0. The Hall–Kier alpha value is -1.03. The Morgan fingerprint density at radius 1 is 1.22 bits per heavy atom. The van der Waals surface area contributed by atoms with Crippen LogP contribution in [0.2, 0.25) is 0 Å². The molecule has 0 aromatic heterocycles. The third kappa shape index (κ3) is 9.05. The van der Waals surface area contributed by atoms with Crippen molar-refractivity contribution in [2.24, 2.45) is 0 Å². The first kappa shape index (κ1) is 17.0. The second kappa shape index (κ2) is 8.14. The zero-order valence-electron chi connectivity index (χ0n) is 11.8. The third-order valence-corrected chi connectivity index (χ3v) is 3.25. The van der Waals surface area contributed by atoms with Crippen molar-refractivity contribution < 1.29 is 14.3 Å². The average molecular weight is 270 g/mol. The number of carbonyl (C=O) groups excluding carboxylic acids is 2. The first-order valence-electron chi connectivity index (χ1n) is 5.91. The fraction of sp³-hybridized carbons (Fsp3) is 0.571. The highest BCUT2D eigenvalue weighted by Crippen LogP contribution is 2.31. The fourth-order valence-corrected chi connectivity index (χ4v) is 2.33. The Labute approximate surface area is 114 Å². The first-order chi connectivity index (χ1) is 8.25. The molecule has 0 rings (SSSR count). The monoisotopic (exact) mass is 270 g/mol. The van der Waals surface area contributed by atoms with Gasteiger partial charge in [-0.25, -0.2) is 0 Å². The number of esters is 1. The summed E-state index contributed by atoms with van der Waals surface area (Å²) in [5.41, 5.74) is 1.20. The molecule has 0 saturated carbocycles. The van der Waals surface area contributed by atoms with Crippen molar-refractivity contribution in [2.45, 2.75) is 45.8 Å².